The number of fused-ring (bicyclic) bond motifs is 2. The number of rotatable bonds is 5. The number of amides is 3. The van der Waals surface area contributed by atoms with Crippen LogP contribution in [0, 0.1) is 29.6 Å². The van der Waals surface area contributed by atoms with Crippen LogP contribution in [0.1, 0.15) is 64.2 Å². The number of nitrogens with one attached hydrogen (secondary N) is 1. The molecule has 1 aromatic carbocycles. The molecule has 6 nitrogen and oxygen atoms in total. The summed E-state index contributed by atoms with van der Waals surface area (Å²) < 4.78 is 1.80. The summed E-state index contributed by atoms with van der Waals surface area (Å²) in [5, 5.41) is 3.44. The smallest absolute Gasteiger partial charge is 0.237 e. The highest BCUT2D eigenvalue weighted by atomic mass is 32.2. The first-order valence-corrected chi connectivity index (χ1v) is 15.0. The van der Waals surface area contributed by atoms with E-state index < -0.39 is 0 Å². The fourth-order valence-corrected chi connectivity index (χ4v) is 10.1. The molecule has 1 aliphatic heterocycles. The van der Waals surface area contributed by atoms with Crippen molar-refractivity contribution in [2.24, 2.45) is 29.6 Å². The second kappa shape index (κ2) is 8.30. The maximum Gasteiger partial charge on any atom is 0.237 e. The van der Waals surface area contributed by atoms with Crippen molar-refractivity contribution in [3.8, 4) is 0 Å². The number of nitrogens with zero attached hydrogens (tertiary/aromatic N) is 2. The number of aromatic nitrogens is 1. The Hall–Kier alpha value is -1.93. The molecule has 6 fully saturated rings. The summed E-state index contributed by atoms with van der Waals surface area (Å²) in [5.74, 6) is 2.55. The molecule has 8 heteroatoms. The van der Waals surface area contributed by atoms with Gasteiger partial charge in [-0.2, -0.15) is 0 Å². The Kier molecular flexibility index (Phi) is 5.28. The Morgan fingerprint density at radius 1 is 1.03 bits per heavy atom. The Labute approximate surface area is 213 Å². The van der Waals surface area contributed by atoms with Crippen molar-refractivity contribution in [2.45, 2.75) is 74.1 Å². The number of hydrogen-bond donors (Lipinski definition) is 1. The Morgan fingerprint density at radius 2 is 1.66 bits per heavy atom. The molecule has 2 heterocycles. The van der Waals surface area contributed by atoms with Crippen LogP contribution >= 0.6 is 23.1 Å². The zero-order valence-electron chi connectivity index (χ0n) is 19.8. The quantitative estimate of drug-likeness (QED) is 0.445. The number of carbonyl (C=O) groups is 3. The number of carbonyl (C=O) groups excluding carboxylic acids is 3. The van der Waals surface area contributed by atoms with Gasteiger partial charge in [0.2, 0.25) is 17.7 Å². The van der Waals surface area contributed by atoms with Crippen LogP contribution in [0.5, 0.6) is 0 Å². The predicted molar refractivity (Wildman–Crippen MR) is 137 cm³/mol. The maximum atomic E-state index is 13.0. The van der Waals surface area contributed by atoms with Gasteiger partial charge < -0.3 is 5.32 Å². The van der Waals surface area contributed by atoms with E-state index in [-0.39, 0.29) is 35.1 Å². The van der Waals surface area contributed by atoms with E-state index >= 15 is 0 Å². The zero-order valence-corrected chi connectivity index (χ0v) is 21.5. The molecule has 1 aromatic heterocycles. The highest BCUT2D eigenvalue weighted by Crippen LogP contribution is 2.55. The molecule has 2 atom stereocenters. The lowest BCUT2D eigenvalue weighted by Crippen LogP contribution is -2.60. The molecule has 0 unspecified atom stereocenters. The normalized spacial score (nSPS) is 35.7. The van der Waals surface area contributed by atoms with Gasteiger partial charge in [0, 0.05) is 5.54 Å². The van der Waals surface area contributed by atoms with E-state index in [2.05, 4.69) is 5.32 Å². The molecule has 1 N–H and O–H groups in total. The van der Waals surface area contributed by atoms with Crippen LogP contribution in [0.25, 0.3) is 10.2 Å². The summed E-state index contributed by atoms with van der Waals surface area (Å²) >= 11 is 3.02. The zero-order chi connectivity index (χ0) is 23.7. The third-order valence-corrected chi connectivity index (χ3v) is 11.4. The standard InChI is InChI=1S/C27H31N3O3S2/c31-23(29-27-11-15-7-16(12-27)9-17(8-15)13-27)14-34-26-28-21-6-5-18(10-22(21)35-26)30-24(32)19-3-1-2-4-20(19)25(30)33/h5-6,10,15-17,19-20H,1-4,7-9,11-14H2,(H,29,31)/t15?,16?,17?,19-,20-,27?/m0/s1. The molecule has 2 aromatic rings. The van der Waals surface area contributed by atoms with Crippen molar-refractivity contribution in [3.63, 3.8) is 0 Å². The lowest BCUT2D eigenvalue weighted by atomic mass is 9.53. The molecule has 5 aliphatic carbocycles. The van der Waals surface area contributed by atoms with Crippen LogP contribution in [0.15, 0.2) is 22.5 Å². The number of benzene rings is 1. The number of anilines is 1. The Balaban J connectivity index is 1.03. The molecule has 35 heavy (non-hydrogen) atoms. The summed E-state index contributed by atoms with van der Waals surface area (Å²) in [6.07, 6.45) is 11.3. The van der Waals surface area contributed by atoms with E-state index in [1.165, 1.54) is 47.3 Å². The number of imide groups is 1. The van der Waals surface area contributed by atoms with Gasteiger partial charge in [-0.3, -0.25) is 19.3 Å². The molecule has 0 spiro atoms. The van der Waals surface area contributed by atoms with Crippen molar-refractivity contribution in [3.05, 3.63) is 18.2 Å². The van der Waals surface area contributed by atoms with Crippen LogP contribution in [0.4, 0.5) is 5.69 Å². The Morgan fingerprint density at radius 3 is 2.29 bits per heavy atom. The third-order valence-electron chi connectivity index (χ3n) is 9.22. The van der Waals surface area contributed by atoms with Crippen LogP contribution in [-0.4, -0.2) is 34.0 Å². The summed E-state index contributed by atoms with van der Waals surface area (Å²) in [7, 11) is 0. The molecule has 6 aliphatic rings. The minimum absolute atomic E-state index is 0.0421. The van der Waals surface area contributed by atoms with Gasteiger partial charge in [-0.05, 0) is 87.3 Å². The summed E-state index contributed by atoms with van der Waals surface area (Å²) in [5.41, 5.74) is 1.54. The monoisotopic (exact) mass is 509 g/mol. The number of thiazole rings is 1. The van der Waals surface area contributed by atoms with Crippen molar-refractivity contribution < 1.29 is 14.4 Å². The maximum absolute atomic E-state index is 13.0. The molecule has 184 valence electrons. The first-order chi connectivity index (χ1) is 17.0. The highest BCUT2D eigenvalue weighted by Gasteiger charge is 2.51. The lowest BCUT2D eigenvalue weighted by molar-refractivity contribution is -0.124. The first-order valence-electron chi connectivity index (χ1n) is 13.2. The van der Waals surface area contributed by atoms with Gasteiger partial charge in [-0.1, -0.05) is 24.6 Å². The first kappa shape index (κ1) is 22.3. The SMILES string of the molecule is O=C(CSc1nc2ccc(N3C(=O)[C@H]4CCCC[C@@H]4C3=O)cc2s1)NC12CC3CC(CC(C3)C1)C2. The van der Waals surface area contributed by atoms with Gasteiger partial charge in [0.15, 0.2) is 4.34 Å². The van der Waals surface area contributed by atoms with Crippen molar-refractivity contribution in [2.75, 3.05) is 10.7 Å². The van der Waals surface area contributed by atoms with Crippen molar-refractivity contribution >= 4 is 56.7 Å². The third kappa shape index (κ3) is 3.82. The summed E-state index contributed by atoms with van der Waals surface area (Å²) in [6.45, 7) is 0. The number of thioether (sulfide) groups is 1. The predicted octanol–water partition coefficient (Wildman–Crippen LogP) is 5.15. The molecular weight excluding hydrogens is 478 g/mol. The molecule has 3 amide bonds. The van der Waals surface area contributed by atoms with Crippen LogP contribution in [0.2, 0.25) is 0 Å². The molecule has 1 saturated heterocycles. The van der Waals surface area contributed by atoms with E-state index in [0.29, 0.717) is 11.4 Å². The topological polar surface area (TPSA) is 79.4 Å². The lowest BCUT2D eigenvalue weighted by Gasteiger charge is -2.56. The minimum Gasteiger partial charge on any atom is -0.350 e. The van der Waals surface area contributed by atoms with Crippen molar-refractivity contribution in [1.82, 2.24) is 10.3 Å². The fraction of sp³-hybridized carbons (Fsp3) is 0.630. The average molecular weight is 510 g/mol. The largest absolute Gasteiger partial charge is 0.350 e. The highest BCUT2D eigenvalue weighted by molar-refractivity contribution is 8.01. The van der Waals surface area contributed by atoms with Gasteiger partial charge >= 0.3 is 0 Å². The van der Waals surface area contributed by atoms with E-state index in [0.717, 1.165) is 77.3 Å². The van der Waals surface area contributed by atoms with Crippen LogP contribution < -0.4 is 10.2 Å². The molecule has 0 radical (unpaired) electrons. The van der Waals surface area contributed by atoms with E-state index in [9.17, 15) is 14.4 Å². The van der Waals surface area contributed by atoms with Gasteiger partial charge in [-0.15, -0.1) is 11.3 Å². The number of hydrogen-bond acceptors (Lipinski definition) is 6. The Bertz CT molecular complexity index is 1160. The summed E-state index contributed by atoms with van der Waals surface area (Å²) in [4.78, 5) is 45.0. The van der Waals surface area contributed by atoms with E-state index in [1.54, 1.807) is 0 Å². The van der Waals surface area contributed by atoms with E-state index in [1.807, 2.05) is 18.2 Å². The van der Waals surface area contributed by atoms with Gasteiger partial charge in [0.05, 0.1) is 33.5 Å². The molecule has 8 rings (SSSR count). The van der Waals surface area contributed by atoms with Crippen LogP contribution in [0.3, 0.4) is 0 Å². The molecular formula is C27H31N3O3S2. The average Bonchev–Trinajstić information content (AvgIpc) is 3.34. The molecule has 4 bridgehead atoms. The van der Waals surface area contributed by atoms with Crippen LogP contribution in [-0.2, 0) is 14.4 Å². The van der Waals surface area contributed by atoms with Crippen molar-refractivity contribution in [1.29, 1.82) is 0 Å². The molecule has 5 saturated carbocycles. The minimum atomic E-state index is -0.146. The van der Waals surface area contributed by atoms with Gasteiger partial charge in [-0.25, -0.2) is 4.98 Å². The summed E-state index contributed by atoms with van der Waals surface area (Å²) in [6, 6.07) is 5.65. The fourth-order valence-electron chi connectivity index (χ4n) is 8.23. The second-order valence-corrected chi connectivity index (χ2v) is 13.9. The second-order valence-electron chi connectivity index (χ2n) is 11.7. The van der Waals surface area contributed by atoms with Gasteiger partial charge in [0.1, 0.15) is 0 Å². The van der Waals surface area contributed by atoms with E-state index in [4.69, 9.17) is 4.98 Å². The van der Waals surface area contributed by atoms with Gasteiger partial charge in [0.25, 0.3) is 0 Å².